The molecule has 1 aromatic carbocycles. The van der Waals surface area contributed by atoms with E-state index in [2.05, 4.69) is 22.2 Å². The van der Waals surface area contributed by atoms with Crippen LogP contribution in [0.1, 0.15) is 10.4 Å². The smallest absolute Gasteiger partial charge is 0.259 e. The normalized spacial score (nSPS) is 10.1. The Labute approximate surface area is 124 Å². The molecule has 0 aliphatic carbocycles. The first kappa shape index (κ1) is 15.6. The SMILES string of the molecule is C=CCNc1ccc(NC(=O)c2ccc(F)c(F)c2F)nc1. The van der Waals surface area contributed by atoms with Crippen molar-refractivity contribution in [1.29, 1.82) is 0 Å². The van der Waals surface area contributed by atoms with Gasteiger partial charge >= 0.3 is 0 Å². The van der Waals surface area contributed by atoms with Crippen LogP contribution < -0.4 is 10.6 Å². The molecule has 1 amide bonds. The van der Waals surface area contributed by atoms with Gasteiger partial charge in [0.2, 0.25) is 0 Å². The van der Waals surface area contributed by atoms with Crippen molar-refractivity contribution in [2.45, 2.75) is 0 Å². The number of amides is 1. The maximum absolute atomic E-state index is 13.5. The number of carbonyl (C=O) groups excluding carboxylic acids is 1. The van der Waals surface area contributed by atoms with Crippen LogP contribution in [0.4, 0.5) is 24.7 Å². The third-order valence-corrected chi connectivity index (χ3v) is 2.74. The molecular weight excluding hydrogens is 295 g/mol. The Morgan fingerprint density at radius 1 is 1.18 bits per heavy atom. The second-order valence-electron chi connectivity index (χ2n) is 4.28. The van der Waals surface area contributed by atoms with Crippen molar-refractivity contribution < 1.29 is 18.0 Å². The lowest BCUT2D eigenvalue weighted by atomic mass is 10.2. The Morgan fingerprint density at radius 3 is 2.59 bits per heavy atom. The van der Waals surface area contributed by atoms with Crippen molar-refractivity contribution in [3.05, 3.63) is 66.1 Å². The van der Waals surface area contributed by atoms with Crippen molar-refractivity contribution in [1.82, 2.24) is 4.98 Å². The average Bonchev–Trinajstić information content (AvgIpc) is 2.52. The van der Waals surface area contributed by atoms with Gasteiger partial charge in [-0.25, -0.2) is 18.2 Å². The molecule has 0 saturated heterocycles. The Bertz CT molecular complexity index is 702. The fourth-order valence-corrected chi connectivity index (χ4v) is 1.65. The summed E-state index contributed by atoms with van der Waals surface area (Å²) < 4.78 is 39.4. The number of carbonyl (C=O) groups is 1. The molecule has 2 rings (SSSR count). The van der Waals surface area contributed by atoms with Crippen LogP contribution in [0, 0.1) is 17.5 Å². The fourth-order valence-electron chi connectivity index (χ4n) is 1.65. The standard InChI is InChI=1S/C15H12F3N3O/c1-2-7-19-9-3-6-12(20-8-9)21-15(22)10-4-5-11(16)14(18)13(10)17/h2-6,8,19H,1,7H2,(H,20,21,22). The predicted molar refractivity (Wildman–Crippen MR) is 77.2 cm³/mol. The van der Waals surface area contributed by atoms with Gasteiger partial charge in [-0.15, -0.1) is 6.58 Å². The lowest BCUT2D eigenvalue weighted by molar-refractivity contribution is 0.102. The predicted octanol–water partition coefficient (Wildman–Crippen LogP) is 3.35. The second kappa shape index (κ2) is 6.75. The van der Waals surface area contributed by atoms with Crippen LogP contribution in [0.25, 0.3) is 0 Å². The van der Waals surface area contributed by atoms with Crippen LogP contribution in [0.3, 0.4) is 0 Å². The second-order valence-corrected chi connectivity index (χ2v) is 4.28. The summed E-state index contributed by atoms with van der Waals surface area (Å²) in [6.45, 7) is 4.10. The van der Waals surface area contributed by atoms with Gasteiger partial charge in [0.05, 0.1) is 17.4 Å². The lowest BCUT2D eigenvalue weighted by Gasteiger charge is -2.07. The molecule has 2 N–H and O–H groups in total. The molecule has 7 heteroatoms. The van der Waals surface area contributed by atoms with Crippen molar-refractivity contribution >= 4 is 17.4 Å². The summed E-state index contributed by atoms with van der Waals surface area (Å²) in [5, 5.41) is 5.29. The highest BCUT2D eigenvalue weighted by Crippen LogP contribution is 2.17. The number of nitrogens with zero attached hydrogens (tertiary/aromatic N) is 1. The largest absolute Gasteiger partial charge is 0.380 e. The molecule has 2 aromatic rings. The van der Waals surface area contributed by atoms with E-state index in [0.29, 0.717) is 18.3 Å². The molecule has 0 fully saturated rings. The number of benzene rings is 1. The van der Waals surface area contributed by atoms with E-state index in [1.165, 1.54) is 12.3 Å². The van der Waals surface area contributed by atoms with E-state index >= 15 is 0 Å². The molecule has 1 aromatic heterocycles. The Morgan fingerprint density at radius 2 is 1.95 bits per heavy atom. The van der Waals surface area contributed by atoms with Gasteiger partial charge in [-0.2, -0.15) is 0 Å². The zero-order chi connectivity index (χ0) is 16.1. The molecule has 0 spiro atoms. The van der Waals surface area contributed by atoms with E-state index in [1.54, 1.807) is 12.1 Å². The van der Waals surface area contributed by atoms with Crippen LogP contribution in [-0.4, -0.2) is 17.4 Å². The van der Waals surface area contributed by atoms with Crippen LogP contribution in [0.15, 0.2) is 43.1 Å². The van der Waals surface area contributed by atoms with E-state index in [4.69, 9.17) is 0 Å². The molecule has 0 atom stereocenters. The maximum Gasteiger partial charge on any atom is 0.259 e. The van der Waals surface area contributed by atoms with Gasteiger partial charge in [0, 0.05) is 6.54 Å². The van der Waals surface area contributed by atoms with Gasteiger partial charge in [-0.1, -0.05) is 6.08 Å². The molecular formula is C15H12F3N3O. The van der Waals surface area contributed by atoms with Gasteiger partial charge in [0.15, 0.2) is 17.5 Å². The molecule has 1 heterocycles. The number of pyridine rings is 1. The van der Waals surface area contributed by atoms with Gasteiger partial charge in [0.1, 0.15) is 5.82 Å². The number of rotatable bonds is 5. The number of anilines is 2. The minimum absolute atomic E-state index is 0.151. The number of aromatic nitrogens is 1. The van der Waals surface area contributed by atoms with E-state index in [-0.39, 0.29) is 5.82 Å². The molecule has 0 unspecified atom stereocenters. The summed E-state index contributed by atoms with van der Waals surface area (Å²) in [5.74, 6) is -5.36. The van der Waals surface area contributed by atoms with Crippen LogP contribution in [-0.2, 0) is 0 Å². The highest BCUT2D eigenvalue weighted by molar-refractivity contribution is 6.04. The highest BCUT2D eigenvalue weighted by atomic mass is 19.2. The number of hydrogen-bond acceptors (Lipinski definition) is 3. The third-order valence-electron chi connectivity index (χ3n) is 2.74. The molecule has 0 radical (unpaired) electrons. The highest BCUT2D eigenvalue weighted by Gasteiger charge is 2.19. The Balaban J connectivity index is 2.12. The van der Waals surface area contributed by atoms with Crippen LogP contribution in [0.5, 0.6) is 0 Å². The van der Waals surface area contributed by atoms with Crippen LogP contribution >= 0.6 is 0 Å². The topological polar surface area (TPSA) is 54.0 Å². The molecule has 114 valence electrons. The first-order valence-corrected chi connectivity index (χ1v) is 6.28. The quantitative estimate of drug-likeness (QED) is 0.658. The summed E-state index contributed by atoms with van der Waals surface area (Å²) in [4.78, 5) is 15.8. The lowest BCUT2D eigenvalue weighted by Crippen LogP contribution is -2.16. The van der Waals surface area contributed by atoms with Crippen molar-refractivity contribution in [3.8, 4) is 0 Å². The van der Waals surface area contributed by atoms with Crippen molar-refractivity contribution in [2.24, 2.45) is 0 Å². The summed E-state index contributed by atoms with van der Waals surface area (Å²) in [6.07, 6.45) is 3.13. The van der Waals surface area contributed by atoms with E-state index in [0.717, 1.165) is 6.07 Å². The van der Waals surface area contributed by atoms with Gasteiger partial charge in [-0.3, -0.25) is 4.79 Å². The Hall–Kier alpha value is -2.83. The number of hydrogen-bond donors (Lipinski definition) is 2. The minimum atomic E-state index is -1.69. The van der Waals surface area contributed by atoms with Gasteiger partial charge in [0.25, 0.3) is 5.91 Å². The van der Waals surface area contributed by atoms with E-state index < -0.39 is 28.9 Å². The molecule has 0 aliphatic rings. The van der Waals surface area contributed by atoms with Crippen molar-refractivity contribution in [2.75, 3.05) is 17.2 Å². The zero-order valence-electron chi connectivity index (χ0n) is 11.4. The van der Waals surface area contributed by atoms with Crippen LogP contribution in [0.2, 0.25) is 0 Å². The Kier molecular flexibility index (Phi) is 4.77. The first-order valence-electron chi connectivity index (χ1n) is 6.28. The molecule has 0 saturated carbocycles. The summed E-state index contributed by atoms with van der Waals surface area (Å²) in [6, 6.07) is 4.68. The monoisotopic (exact) mass is 307 g/mol. The minimum Gasteiger partial charge on any atom is -0.380 e. The third kappa shape index (κ3) is 3.43. The molecule has 4 nitrogen and oxygen atoms in total. The molecule has 22 heavy (non-hydrogen) atoms. The van der Waals surface area contributed by atoms with E-state index in [9.17, 15) is 18.0 Å². The summed E-state index contributed by atoms with van der Waals surface area (Å²) >= 11 is 0. The number of halogens is 3. The van der Waals surface area contributed by atoms with Crippen molar-refractivity contribution in [3.63, 3.8) is 0 Å². The maximum atomic E-state index is 13.5. The van der Waals surface area contributed by atoms with Gasteiger partial charge in [-0.05, 0) is 24.3 Å². The summed E-state index contributed by atoms with van der Waals surface area (Å²) in [7, 11) is 0. The summed E-state index contributed by atoms with van der Waals surface area (Å²) in [5.41, 5.74) is 0.103. The average molecular weight is 307 g/mol. The first-order chi connectivity index (χ1) is 10.5. The van der Waals surface area contributed by atoms with E-state index in [1.807, 2.05) is 0 Å². The van der Waals surface area contributed by atoms with Gasteiger partial charge < -0.3 is 10.6 Å². The molecule has 0 aliphatic heterocycles. The zero-order valence-corrected chi connectivity index (χ0v) is 11.4. The fraction of sp³-hybridized carbons (Fsp3) is 0.0667. The number of nitrogens with one attached hydrogen (secondary N) is 2. The molecule has 0 bridgehead atoms.